The van der Waals surface area contributed by atoms with Gasteiger partial charge in [-0.1, -0.05) is 6.92 Å². The summed E-state index contributed by atoms with van der Waals surface area (Å²) in [6.45, 7) is 4.28. The third kappa shape index (κ3) is 3.41. The van der Waals surface area contributed by atoms with Crippen LogP contribution in [0.3, 0.4) is 0 Å². The first-order chi connectivity index (χ1) is 5.03. The smallest absolute Gasteiger partial charge is 0.322 e. The van der Waals surface area contributed by atoms with Gasteiger partial charge < -0.3 is 10.5 Å². The van der Waals surface area contributed by atoms with Crippen molar-refractivity contribution in [1.29, 1.82) is 0 Å². The maximum absolute atomic E-state index is 10.9. The number of carbonyl (C=O) groups is 1. The average Bonchev–Trinajstić information content (AvgIpc) is 2.64. The van der Waals surface area contributed by atoms with Crippen molar-refractivity contribution in [3.05, 3.63) is 0 Å². The zero-order chi connectivity index (χ0) is 8.48. The quantitative estimate of drug-likeness (QED) is 0.683. The van der Waals surface area contributed by atoms with Crippen LogP contribution in [0.15, 0.2) is 0 Å². The van der Waals surface area contributed by atoms with Crippen LogP contribution in [-0.4, -0.2) is 18.6 Å². The minimum Gasteiger partial charge on any atom is -0.464 e. The van der Waals surface area contributed by atoms with Crippen molar-refractivity contribution >= 4 is 18.4 Å². The molecule has 2 N–H and O–H groups in total. The highest BCUT2D eigenvalue weighted by Gasteiger charge is 2.38. The van der Waals surface area contributed by atoms with Crippen LogP contribution in [0.2, 0.25) is 0 Å². The molecule has 1 atom stereocenters. The van der Waals surface area contributed by atoms with Gasteiger partial charge in [-0.2, -0.15) is 0 Å². The van der Waals surface area contributed by atoms with E-state index in [-0.39, 0.29) is 23.8 Å². The second-order valence-corrected chi connectivity index (χ2v) is 3.71. The monoisotopic (exact) mass is 193 g/mol. The fraction of sp³-hybridized carbons (Fsp3) is 0.875. The van der Waals surface area contributed by atoms with Gasteiger partial charge >= 0.3 is 5.97 Å². The zero-order valence-corrected chi connectivity index (χ0v) is 8.32. The number of nitrogens with two attached hydrogens (primary N) is 1. The molecule has 0 radical (unpaired) electrons. The standard InChI is InChI=1S/C8H15NO2.ClH/c1-6(9)7(10)11-5-8(2)3-4-8;/h6H,3-5,9H2,1-2H3;1H. The van der Waals surface area contributed by atoms with Crippen molar-refractivity contribution in [2.45, 2.75) is 32.7 Å². The summed E-state index contributed by atoms with van der Waals surface area (Å²) in [4.78, 5) is 10.9. The van der Waals surface area contributed by atoms with Crippen LogP contribution in [-0.2, 0) is 9.53 Å². The van der Waals surface area contributed by atoms with Gasteiger partial charge in [-0.15, -0.1) is 12.4 Å². The van der Waals surface area contributed by atoms with E-state index in [0.717, 1.165) is 0 Å². The molecule has 1 aliphatic carbocycles. The number of halogens is 1. The van der Waals surface area contributed by atoms with Gasteiger partial charge in [0.2, 0.25) is 0 Å². The van der Waals surface area contributed by atoms with E-state index in [0.29, 0.717) is 6.61 Å². The number of rotatable bonds is 3. The molecule has 1 fully saturated rings. The van der Waals surface area contributed by atoms with Crippen LogP contribution in [0.1, 0.15) is 26.7 Å². The summed E-state index contributed by atoms with van der Waals surface area (Å²) in [5, 5.41) is 0. The van der Waals surface area contributed by atoms with Crippen molar-refractivity contribution in [3.8, 4) is 0 Å². The van der Waals surface area contributed by atoms with Gasteiger partial charge in [0, 0.05) is 5.41 Å². The van der Waals surface area contributed by atoms with Crippen molar-refractivity contribution in [3.63, 3.8) is 0 Å². The van der Waals surface area contributed by atoms with Gasteiger partial charge in [0.05, 0.1) is 6.61 Å². The normalized spacial score (nSPS) is 20.6. The van der Waals surface area contributed by atoms with E-state index in [2.05, 4.69) is 6.92 Å². The van der Waals surface area contributed by atoms with Crippen LogP contribution in [0, 0.1) is 5.41 Å². The first kappa shape index (κ1) is 11.7. The van der Waals surface area contributed by atoms with Gasteiger partial charge in [-0.05, 0) is 19.8 Å². The Morgan fingerprint density at radius 3 is 2.50 bits per heavy atom. The first-order valence-electron chi connectivity index (χ1n) is 3.96. The maximum Gasteiger partial charge on any atom is 0.322 e. The van der Waals surface area contributed by atoms with Gasteiger partial charge in [0.15, 0.2) is 0 Å². The number of ether oxygens (including phenoxy) is 1. The lowest BCUT2D eigenvalue weighted by Crippen LogP contribution is -2.30. The second kappa shape index (κ2) is 4.10. The number of hydrogen-bond acceptors (Lipinski definition) is 3. The molecule has 0 aromatic carbocycles. The predicted octanol–water partition coefficient (Wildman–Crippen LogP) is 1.10. The molecule has 0 spiro atoms. The molecule has 3 nitrogen and oxygen atoms in total. The average molecular weight is 194 g/mol. The van der Waals surface area contributed by atoms with E-state index in [9.17, 15) is 4.79 Å². The van der Waals surface area contributed by atoms with Crippen LogP contribution in [0.25, 0.3) is 0 Å². The molecular formula is C8H16ClNO2. The Morgan fingerprint density at radius 2 is 2.17 bits per heavy atom. The third-order valence-corrected chi connectivity index (χ3v) is 2.04. The largest absolute Gasteiger partial charge is 0.464 e. The summed E-state index contributed by atoms with van der Waals surface area (Å²) < 4.78 is 4.97. The molecular weight excluding hydrogens is 178 g/mol. The van der Waals surface area contributed by atoms with Gasteiger partial charge in [-0.3, -0.25) is 4.79 Å². The first-order valence-corrected chi connectivity index (χ1v) is 3.96. The van der Waals surface area contributed by atoms with E-state index in [1.165, 1.54) is 12.8 Å². The van der Waals surface area contributed by atoms with Crippen molar-refractivity contribution in [2.24, 2.45) is 11.1 Å². The van der Waals surface area contributed by atoms with Crippen molar-refractivity contribution < 1.29 is 9.53 Å². The van der Waals surface area contributed by atoms with Crippen molar-refractivity contribution in [1.82, 2.24) is 0 Å². The Morgan fingerprint density at radius 1 is 1.67 bits per heavy atom. The van der Waals surface area contributed by atoms with Gasteiger partial charge in [-0.25, -0.2) is 0 Å². The molecule has 0 aliphatic heterocycles. The fourth-order valence-corrected chi connectivity index (χ4v) is 0.735. The SMILES string of the molecule is CC(N)C(=O)OCC1(C)CC1.Cl. The summed E-state index contributed by atoms with van der Waals surface area (Å²) in [6.07, 6.45) is 2.33. The fourth-order valence-electron chi connectivity index (χ4n) is 0.735. The number of carbonyl (C=O) groups excluding carboxylic acids is 1. The molecule has 72 valence electrons. The highest BCUT2D eigenvalue weighted by molar-refractivity contribution is 5.85. The minimum atomic E-state index is -0.489. The number of esters is 1. The third-order valence-electron chi connectivity index (χ3n) is 2.04. The Bertz CT molecular complexity index is 166. The van der Waals surface area contributed by atoms with Gasteiger partial charge in [0.25, 0.3) is 0 Å². The molecule has 1 rings (SSSR count). The Labute approximate surface area is 79.1 Å². The Balaban J connectivity index is 0.00000121. The summed E-state index contributed by atoms with van der Waals surface area (Å²) >= 11 is 0. The predicted molar refractivity (Wildman–Crippen MR) is 49.2 cm³/mol. The summed E-state index contributed by atoms with van der Waals surface area (Å²) in [5.74, 6) is -0.293. The lowest BCUT2D eigenvalue weighted by Gasteiger charge is -2.10. The summed E-state index contributed by atoms with van der Waals surface area (Å²) in [7, 11) is 0. The zero-order valence-electron chi connectivity index (χ0n) is 7.50. The van der Waals surface area contributed by atoms with E-state index in [4.69, 9.17) is 10.5 Å². The molecule has 1 aliphatic rings. The molecule has 0 saturated heterocycles. The topological polar surface area (TPSA) is 52.3 Å². The van der Waals surface area contributed by atoms with E-state index < -0.39 is 6.04 Å². The minimum absolute atomic E-state index is 0. The lowest BCUT2D eigenvalue weighted by atomic mass is 10.2. The highest BCUT2D eigenvalue weighted by atomic mass is 35.5. The van der Waals surface area contributed by atoms with Gasteiger partial charge in [0.1, 0.15) is 6.04 Å². The van der Waals surface area contributed by atoms with Crippen LogP contribution in [0.5, 0.6) is 0 Å². The molecule has 0 aromatic heterocycles. The highest BCUT2D eigenvalue weighted by Crippen LogP contribution is 2.44. The molecule has 1 unspecified atom stereocenters. The molecule has 0 aromatic rings. The van der Waals surface area contributed by atoms with E-state index >= 15 is 0 Å². The summed E-state index contributed by atoms with van der Waals surface area (Å²) in [6, 6.07) is -0.489. The summed E-state index contributed by atoms with van der Waals surface area (Å²) in [5.41, 5.74) is 5.58. The molecule has 0 heterocycles. The number of hydrogen-bond donors (Lipinski definition) is 1. The maximum atomic E-state index is 10.9. The molecule has 1 saturated carbocycles. The molecule has 4 heteroatoms. The lowest BCUT2D eigenvalue weighted by molar-refractivity contribution is -0.146. The Hall–Kier alpha value is -0.280. The van der Waals surface area contributed by atoms with Crippen LogP contribution >= 0.6 is 12.4 Å². The molecule has 0 amide bonds. The van der Waals surface area contributed by atoms with E-state index in [1.807, 2.05) is 0 Å². The van der Waals surface area contributed by atoms with Crippen molar-refractivity contribution in [2.75, 3.05) is 6.61 Å². The molecule has 0 bridgehead atoms. The Kier molecular flexibility index (Phi) is 4.00. The molecule has 12 heavy (non-hydrogen) atoms. The van der Waals surface area contributed by atoms with E-state index in [1.54, 1.807) is 6.92 Å². The van der Waals surface area contributed by atoms with Crippen LogP contribution < -0.4 is 5.73 Å². The second-order valence-electron chi connectivity index (χ2n) is 3.71. The van der Waals surface area contributed by atoms with Crippen LogP contribution in [0.4, 0.5) is 0 Å².